The summed E-state index contributed by atoms with van der Waals surface area (Å²) in [6.07, 6.45) is 0.975. The van der Waals surface area contributed by atoms with Crippen molar-refractivity contribution in [3.05, 3.63) is 29.8 Å². The molecule has 4 heteroatoms. The third-order valence-electron chi connectivity index (χ3n) is 3.97. The van der Waals surface area contributed by atoms with E-state index >= 15 is 0 Å². The molecule has 1 aliphatic carbocycles. The minimum Gasteiger partial charge on any atom is -0.497 e. The topological polar surface area (TPSA) is 38.8 Å². The Morgan fingerprint density at radius 1 is 1.26 bits per heavy atom. The summed E-state index contributed by atoms with van der Waals surface area (Å²) in [5.74, 6) is 1.72. The van der Waals surface area contributed by atoms with Crippen molar-refractivity contribution in [2.75, 3.05) is 33.4 Å². The molecule has 2 unspecified atom stereocenters. The molecule has 1 saturated carbocycles. The second-order valence-electron chi connectivity index (χ2n) is 5.16. The van der Waals surface area contributed by atoms with Crippen LogP contribution in [0.4, 0.5) is 0 Å². The van der Waals surface area contributed by atoms with E-state index in [0.717, 1.165) is 25.3 Å². The third-order valence-corrected chi connectivity index (χ3v) is 3.97. The number of nitrogens with zero attached hydrogens (tertiary/aromatic N) is 1. The lowest BCUT2D eigenvalue weighted by Gasteiger charge is -2.27. The van der Waals surface area contributed by atoms with Gasteiger partial charge in [-0.2, -0.15) is 0 Å². The lowest BCUT2D eigenvalue weighted by molar-refractivity contribution is -0.136. The number of hydrogen-bond acceptors (Lipinski definition) is 3. The molecule has 1 saturated heterocycles. The maximum absolute atomic E-state index is 12.3. The van der Waals surface area contributed by atoms with Gasteiger partial charge < -0.3 is 14.4 Å². The highest BCUT2D eigenvalue weighted by atomic mass is 16.5. The van der Waals surface area contributed by atoms with Crippen LogP contribution >= 0.6 is 0 Å². The first-order chi connectivity index (χ1) is 9.29. The molecule has 19 heavy (non-hydrogen) atoms. The van der Waals surface area contributed by atoms with Crippen LogP contribution in [-0.4, -0.2) is 44.2 Å². The molecule has 4 nitrogen and oxygen atoms in total. The first-order valence-corrected chi connectivity index (χ1v) is 6.80. The van der Waals surface area contributed by atoms with Crippen LogP contribution in [0.1, 0.15) is 17.9 Å². The van der Waals surface area contributed by atoms with Gasteiger partial charge in [0.25, 0.3) is 0 Å². The molecule has 0 N–H and O–H groups in total. The summed E-state index contributed by atoms with van der Waals surface area (Å²) in [7, 11) is 1.66. The van der Waals surface area contributed by atoms with Crippen molar-refractivity contribution in [1.29, 1.82) is 0 Å². The number of methoxy groups -OCH3 is 1. The molecule has 1 aromatic rings. The number of ether oxygens (including phenoxy) is 2. The molecule has 1 heterocycles. The predicted octanol–water partition coefficient (Wildman–Crippen LogP) is 1.66. The monoisotopic (exact) mass is 261 g/mol. The third kappa shape index (κ3) is 2.59. The second kappa shape index (κ2) is 5.21. The molecule has 0 radical (unpaired) electrons. The van der Waals surface area contributed by atoms with Crippen molar-refractivity contribution in [2.24, 2.45) is 5.92 Å². The minimum absolute atomic E-state index is 0.173. The number of morpholine rings is 1. The van der Waals surface area contributed by atoms with Crippen LogP contribution in [0.2, 0.25) is 0 Å². The summed E-state index contributed by atoms with van der Waals surface area (Å²) in [5, 5.41) is 0. The molecule has 102 valence electrons. The van der Waals surface area contributed by atoms with Gasteiger partial charge in [0, 0.05) is 19.0 Å². The Labute approximate surface area is 113 Å². The maximum Gasteiger partial charge on any atom is 0.226 e. The van der Waals surface area contributed by atoms with E-state index in [9.17, 15) is 4.79 Å². The van der Waals surface area contributed by atoms with Crippen LogP contribution in [0.25, 0.3) is 0 Å². The van der Waals surface area contributed by atoms with Crippen LogP contribution < -0.4 is 4.74 Å². The van der Waals surface area contributed by atoms with E-state index in [-0.39, 0.29) is 5.92 Å². The summed E-state index contributed by atoms with van der Waals surface area (Å²) in [6.45, 7) is 2.83. The summed E-state index contributed by atoms with van der Waals surface area (Å²) in [5.41, 5.74) is 1.24. The standard InChI is InChI=1S/C15H19NO3/c1-18-12-4-2-11(3-5-12)13-10-14(13)15(17)16-6-8-19-9-7-16/h2-5,13-14H,6-10H2,1H3. The fourth-order valence-electron chi connectivity index (χ4n) is 2.71. The first-order valence-electron chi connectivity index (χ1n) is 6.80. The summed E-state index contributed by atoms with van der Waals surface area (Å²) >= 11 is 0. The van der Waals surface area contributed by atoms with E-state index in [2.05, 4.69) is 12.1 Å². The van der Waals surface area contributed by atoms with Crippen molar-refractivity contribution < 1.29 is 14.3 Å². The van der Waals surface area contributed by atoms with Gasteiger partial charge in [-0.1, -0.05) is 12.1 Å². The molecule has 2 atom stereocenters. The molecule has 2 fully saturated rings. The van der Waals surface area contributed by atoms with Gasteiger partial charge in [0.1, 0.15) is 5.75 Å². The SMILES string of the molecule is COc1ccc(C2CC2C(=O)N2CCOCC2)cc1. The normalized spacial score (nSPS) is 26.1. The molecular formula is C15H19NO3. The van der Waals surface area contributed by atoms with E-state index in [1.165, 1.54) is 5.56 Å². The van der Waals surface area contributed by atoms with Crippen LogP contribution in [0.15, 0.2) is 24.3 Å². The number of amides is 1. The van der Waals surface area contributed by atoms with Crippen LogP contribution in [0, 0.1) is 5.92 Å². The molecule has 0 spiro atoms. The average molecular weight is 261 g/mol. The number of benzene rings is 1. The summed E-state index contributed by atoms with van der Waals surface area (Å²) in [4.78, 5) is 14.3. The Bertz CT molecular complexity index is 451. The van der Waals surface area contributed by atoms with E-state index in [4.69, 9.17) is 9.47 Å². The van der Waals surface area contributed by atoms with Gasteiger partial charge in [0.05, 0.1) is 20.3 Å². The molecule has 1 amide bonds. The highest BCUT2D eigenvalue weighted by molar-refractivity contribution is 5.83. The number of rotatable bonds is 3. The van der Waals surface area contributed by atoms with E-state index in [1.807, 2.05) is 17.0 Å². The smallest absolute Gasteiger partial charge is 0.226 e. The molecule has 0 bridgehead atoms. The fourth-order valence-corrected chi connectivity index (χ4v) is 2.71. The molecule has 1 aliphatic heterocycles. The van der Waals surface area contributed by atoms with Crippen molar-refractivity contribution in [3.63, 3.8) is 0 Å². The van der Waals surface area contributed by atoms with Crippen molar-refractivity contribution in [3.8, 4) is 5.75 Å². The van der Waals surface area contributed by atoms with Gasteiger partial charge in [-0.15, -0.1) is 0 Å². The van der Waals surface area contributed by atoms with E-state index in [0.29, 0.717) is 25.0 Å². The van der Waals surface area contributed by atoms with Gasteiger partial charge in [-0.25, -0.2) is 0 Å². The number of carbonyl (C=O) groups is 1. The fraction of sp³-hybridized carbons (Fsp3) is 0.533. The summed E-state index contributed by atoms with van der Waals surface area (Å²) in [6, 6.07) is 8.06. The Morgan fingerprint density at radius 2 is 1.95 bits per heavy atom. The van der Waals surface area contributed by atoms with Crippen LogP contribution in [-0.2, 0) is 9.53 Å². The van der Waals surface area contributed by atoms with Crippen LogP contribution in [0.5, 0.6) is 5.75 Å². The zero-order chi connectivity index (χ0) is 13.2. The molecule has 2 aliphatic rings. The Morgan fingerprint density at radius 3 is 2.58 bits per heavy atom. The van der Waals surface area contributed by atoms with Gasteiger partial charge in [0.15, 0.2) is 0 Å². The van der Waals surface area contributed by atoms with E-state index in [1.54, 1.807) is 7.11 Å². The Balaban J connectivity index is 1.61. The van der Waals surface area contributed by atoms with Gasteiger partial charge >= 0.3 is 0 Å². The Kier molecular flexibility index (Phi) is 3.42. The van der Waals surface area contributed by atoms with Crippen molar-refractivity contribution >= 4 is 5.91 Å². The number of carbonyl (C=O) groups excluding carboxylic acids is 1. The number of hydrogen-bond donors (Lipinski definition) is 0. The van der Waals surface area contributed by atoms with Gasteiger partial charge in [0.2, 0.25) is 5.91 Å². The Hall–Kier alpha value is -1.55. The van der Waals surface area contributed by atoms with Gasteiger partial charge in [-0.3, -0.25) is 4.79 Å². The van der Waals surface area contributed by atoms with Crippen LogP contribution in [0.3, 0.4) is 0 Å². The molecule has 3 rings (SSSR count). The maximum atomic E-state index is 12.3. The molecular weight excluding hydrogens is 242 g/mol. The minimum atomic E-state index is 0.173. The molecule has 1 aromatic carbocycles. The lowest BCUT2D eigenvalue weighted by atomic mass is 10.1. The summed E-state index contributed by atoms with van der Waals surface area (Å²) < 4.78 is 10.4. The quantitative estimate of drug-likeness (QED) is 0.830. The van der Waals surface area contributed by atoms with Gasteiger partial charge in [-0.05, 0) is 30.0 Å². The zero-order valence-corrected chi connectivity index (χ0v) is 11.2. The highest BCUT2D eigenvalue weighted by Gasteiger charge is 2.45. The van der Waals surface area contributed by atoms with Crippen molar-refractivity contribution in [1.82, 2.24) is 4.90 Å². The predicted molar refractivity (Wildman–Crippen MR) is 71.2 cm³/mol. The largest absolute Gasteiger partial charge is 0.497 e. The first kappa shape index (κ1) is 12.5. The second-order valence-corrected chi connectivity index (χ2v) is 5.16. The molecule has 0 aromatic heterocycles. The average Bonchev–Trinajstić information content (AvgIpc) is 3.28. The zero-order valence-electron chi connectivity index (χ0n) is 11.2. The lowest BCUT2D eigenvalue weighted by Crippen LogP contribution is -2.41. The van der Waals surface area contributed by atoms with Crippen molar-refractivity contribution in [2.45, 2.75) is 12.3 Å². The highest BCUT2D eigenvalue weighted by Crippen LogP contribution is 2.48. The van der Waals surface area contributed by atoms with E-state index < -0.39 is 0 Å².